The number of rotatable bonds is 2. The Labute approximate surface area is 108 Å². The number of nitrogens with zero attached hydrogens (tertiary/aromatic N) is 2. The Morgan fingerprint density at radius 2 is 1.76 bits per heavy atom. The van der Waals surface area contributed by atoms with E-state index in [9.17, 15) is 0 Å². The number of anilines is 1. The van der Waals surface area contributed by atoms with Crippen molar-refractivity contribution < 1.29 is 0 Å². The molecule has 0 unspecified atom stereocenters. The number of piperazine rings is 1. The van der Waals surface area contributed by atoms with Gasteiger partial charge in [0.2, 0.25) is 0 Å². The van der Waals surface area contributed by atoms with Crippen molar-refractivity contribution in [3.8, 4) is 0 Å². The smallest absolute Gasteiger partial charge is 0.0367 e. The lowest BCUT2D eigenvalue weighted by Gasteiger charge is -2.38. The molecule has 2 heterocycles. The molecule has 17 heavy (non-hydrogen) atoms. The van der Waals surface area contributed by atoms with E-state index >= 15 is 0 Å². The average molecular weight is 248 g/mol. The molecule has 1 aromatic carbocycles. The number of benzene rings is 1. The van der Waals surface area contributed by atoms with E-state index < -0.39 is 0 Å². The summed E-state index contributed by atoms with van der Waals surface area (Å²) < 4.78 is 0. The zero-order valence-corrected chi connectivity index (χ0v) is 11.0. The standard InChI is InChI=1S/C14H20N2S/c1-2-4-13(5-3-1)15-7-9-16(10-8-15)14-6-11-17-12-14/h1-5,14H,6-12H2/t14-/m1/s1. The molecule has 3 rings (SSSR count). The SMILES string of the molecule is c1ccc(N2CCN([C@@H]3CCSC3)CC2)cc1. The topological polar surface area (TPSA) is 6.48 Å². The van der Waals surface area contributed by atoms with Gasteiger partial charge < -0.3 is 4.90 Å². The summed E-state index contributed by atoms with van der Waals surface area (Å²) in [5.74, 6) is 2.72. The van der Waals surface area contributed by atoms with Gasteiger partial charge in [0.15, 0.2) is 0 Å². The van der Waals surface area contributed by atoms with Crippen LogP contribution in [-0.2, 0) is 0 Å². The minimum absolute atomic E-state index is 0.859. The summed E-state index contributed by atoms with van der Waals surface area (Å²) in [6.45, 7) is 4.84. The number of thioether (sulfide) groups is 1. The lowest BCUT2D eigenvalue weighted by Crippen LogP contribution is -2.50. The van der Waals surface area contributed by atoms with Crippen LogP contribution in [0.2, 0.25) is 0 Å². The van der Waals surface area contributed by atoms with E-state index in [2.05, 4.69) is 51.9 Å². The molecule has 0 N–H and O–H groups in total. The van der Waals surface area contributed by atoms with Gasteiger partial charge in [-0.2, -0.15) is 11.8 Å². The van der Waals surface area contributed by atoms with Crippen molar-refractivity contribution in [1.29, 1.82) is 0 Å². The zero-order valence-electron chi connectivity index (χ0n) is 10.2. The molecule has 3 heteroatoms. The van der Waals surface area contributed by atoms with E-state index in [0.29, 0.717) is 0 Å². The van der Waals surface area contributed by atoms with Gasteiger partial charge in [-0.1, -0.05) is 18.2 Å². The highest BCUT2D eigenvalue weighted by molar-refractivity contribution is 7.99. The summed E-state index contributed by atoms with van der Waals surface area (Å²) in [4.78, 5) is 5.21. The normalized spacial score (nSPS) is 26.4. The maximum Gasteiger partial charge on any atom is 0.0367 e. The Balaban J connectivity index is 1.57. The number of para-hydroxylation sites is 1. The first kappa shape index (κ1) is 11.4. The Morgan fingerprint density at radius 1 is 1.00 bits per heavy atom. The van der Waals surface area contributed by atoms with Crippen LogP contribution in [0.3, 0.4) is 0 Å². The molecule has 92 valence electrons. The van der Waals surface area contributed by atoms with Gasteiger partial charge in [-0.25, -0.2) is 0 Å². The highest BCUT2D eigenvalue weighted by Gasteiger charge is 2.26. The third-order valence-electron chi connectivity index (χ3n) is 3.86. The summed E-state index contributed by atoms with van der Waals surface area (Å²) in [6.07, 6.45) is 1.40. The number of hydrogen-bond donors (Lipinski definition) is 0. The molecule has 0 aromatic heterocycles. The lowest BCUT2D eigenvalue weighted by atomic mass is 10.2. The zero-order chi connectivity index (χ0) is 11.5. The molecular formula is C14H20N2S. The molecule has 2 saturated heterocycles. The Hall–Kier alpha value is -0.670. The first-order valence-electron chi connectivity index (χ1n) is 6.55. The van der Waals surface area contributed by atoms with E-state index in [1.165, 1.54) is 49.8 Å². The third-order valence-corrected chi connectivity index (χ3v) is 5.00. The van der Waals surface area contributed by atoms with Gasteiger partial charge in [-0.15, -0.1) is 0 Å². The van der Waals surface area contributed by atoms with Crippen molar-refractivity contribution in [3.05, 3.63) is 30.3 Å². The lowest BCUT2D eigenvalue weighted by molar-refractivity contribution is 0.201. The number of hydrogen-bond acceptors (Lipinski definition) is 3. The predicted molar refractivity (Wildman–Crippen MR) is 76.0 cm³/mol. The van der Waals surface area contributed by atoms with Gasteiger partial charge in [-0.05, 0) is 24.3 Å². The molecule has 2 nitrogen and oxygen atoms in total. The second-order valence-corrected chi connectivity index (χ2v) is 6.03. The summed E-state index contributed by atoms with van der Waals surface area (Å²) >= 11 is 2.12. The molecule has 0 radical (unpaired) electrons. The van der Waals surface area contributed by atoms with E-state index in [1.807, 2.05) is 0 Å². The van der Waals surface area contributed by atoms with E-state index in [1.54, 1.807) is 0 Å². The fourth-order valence-electron chi connectivity index (χ4n) is 2.79. The molecule has 0 spiro atoms. The molecule has 0 amide bonds. The molecule has 0 bridgehead atoms. The second-order valence-electron chi connectivity index (χ2n) is 4.88. The molecular weight excluding hydrogens is 228 g/mol. The van der Waals surface area contributed by atoms with Crippen molar-refractivity contribution in [2.24, 2.45) is 0 Å². The quantitative estimate of drug-likeness (QED) is 0.793. The maximum absolute atomic E-state index is 2.69. The van der Waals surface area contributed by atoms with E-state index in [-0.39, 0.29) is 0 Å². The van der Waals surface area contributed by atoms with Crippen LogP contribution in [0.1, 0.15) is 6.42 Å². The van der Waals surface area contributed by atoms with Crippen LogP contribution in [0.15, 0.2) is 30.3 Å². The first-order valence-corrected chi connectivity index (χ1v) is 7.71. The minimum Gasteiger partial charge on any atom is -0.369 e. The van der Waals surface area contributed by atoms with Crippen LogP contribution in [-0.4, -0.2) is 48.6 Å². The van der Waals surface area contributed by atoms with Crippen molar-refractivity contribution in [3.63, 3.8) is 0 Å². The van der Waals surface area contributed by atoms with Crippen LogP contribution in [0.5, 0.6) is 0 Å². The third kappa shape index (κ3) is 2.61. The highest BCUT2D eigenvalue weighted by atomic mass is 32.2. The van der Waals surface area contributed by atoms with Crippen molar-refractivity contribution in [2.45, 2.75) is 12.5 Å². The molecule has 2 aliphatic heterocycles. The van der Waals surface area contributed by atoms with E-state index in [4.69, 9.17) is 0 Å². The van der Waals surface area contributed by atoms with Crippen LogP contribution < -0.4 is 4.90 Å². The van der Waals surface area contributed by atoms with Gasteiger partial charge in [0.25, 0.3) is 0 Å². The predicted octanol–water partition coefficient (Wildman–Crippen LogP) is 2.31. The van der Waals surface area contributed by atoms with Crippen LogP contribution in [0.4, 0.5) is 5.69 Å². The highest BCUT2D eigenvalue weighted by Crippen LogP contribution is 2.24. The average Bonchev–Trinajstić information content (AvgIpc) is 2.94. The van der Waals surface area contributed by atoms with Gasteiger partial charge in [0, 0.05) is 43.7 Å². The maximum atomic E-state index is 2.69. The molecule has 0 saturated carbocycles. The molecule has 1 atom stereocenters. The monoisotopic (exact) mass is 248 g/mol. The molecule has 0 aliphatic carbocycles. The van der Waals surface area contributed by atoms with Crippen LogP contribution >= 0.6 is 11.8 Å². The van der Waals surface area contributed by atoms with Gasteiger partial charge in [0.05, 0.1) is 0 Å². The fourth-order valence-corrected chi connectivity index (χ4v) is 4.05. The molecule has 2 aliphatic rings. The Kier molecular flexibility index (Phi) is 3.57. The van der Waals surface area contributed by atoms with Crippen molar-refractivity contribution in [1.82, 2.24) is 4.90 Å². The summed E-state index contributed by atoms with van der Waals surface area (Å²) in [7, 11) is 0. The van der Waals surface area contributed by atoms with Crippen molar-refractivity contribution >= 4 is 17.4 Å². The second kappa shape index (κ2) is 5.32. The minimum atomic E-state index is 0.859. The fraction of sp³-hybridized carbons (Fsp3) is 0.571. The van der Waals surface area contributed by atoms with Crippen LogP contribution in [0.25, 0.3) is 0 Å². The van der Waals surface area contributed by atoms with Gasteiger partial charge in [-0.3, -0.25) is 4.90 Å². The molecule has 1 aromatic rings. The van der Waals surface area contributed by atoms with Crippen LogP contribution in [0, 0.1) is 0 Å². The van der Waals surface area contributed by atoms with Crippen molar-refractivity contribution in [2.75, 3.05) is 42.6 Å². The summed E-state index contributed by atoms with van der Waals surface area (Å²) in [5.41, 5.74) is 1.38. The first-order chi connectivity index (χ1) is 8.43. The van der Waals surface area contributed by atoms with Gasteiger partial charge in [0.1, 0.15) is 0 Å². The Bertz CT molecular complexity index is 340. The summed E-state index contributed by atoms with van der Waals surface area (Å²) in [6, 6.07) is 11.7. The summed E-state index contributed by atoms with van der Waals surface area (Å²) in [5, 5.41) is 0. The van der Waals surface area contributed by atoms with E-state index in [0.717, 1.165) is 6.04 Å². The molecule has 2 fully saturated rings. The Morgan fingerprint density at radius 3 is 2.41 bits per heavy atom. The largest absolute Gasteiger partial charge is 0.369 e. The van der Waals surface area contributed by atoms with Gasteiger partial charge >= 0.3 is 0 Å².